The average Bonchev–Trinajstić information content (AvgIpc) is 3.53. The second kappa shape index (κ2) is 9.85. The summed E-state index contributed by atoms with van der Waals surface area (Å²) in [5.74, 6) is -0.277. The van der Waals surface area contributed by atoms with E-state index in [0.717, 1.165) is 48.4 Å². The van der Waals surface area contributed by atoms with Gasteiger partial charge in [0.25, 0.3) is 0 Å². The summed E-state index contributed by atoms with van der Waals surface area (Å²) < 4.78 is 36.8. The standard InChI is InChI=1S/C27H30FN5O3S/c1-36-18-27-12-19-13-30-33(22-4-2-21(28)3-5-22)26(19)10-20(27)6-9-32(17-27)37(35)25-11-23(14-29-15-25)31-8-7-24(34)16-31/h2-5,10-11,13-15,24,34H,6-9,12,16-18H2,1H3/t24-,27+,37?/m0/s1. The van der Waals surface area contributed by atoms with Crippen LogP contribution in [0, 0.1) is 11.2 Å². The number of rotatable bonds is 6. The predicted molar refractivity (Wildman–Crippen MR) is 139 cm³/mol. The van der Waals surface area contributed by atoms with Crippen molar-refractivity contribution in [2.24, 2.45) is 5.41 Å². The predicted octanol–water partition coefficient (Wildman–Crippen LogP) is 2.98. The van der Waals surface area contributed by atoms with Gasteiger partial charge in [0.2, 0.25) is 0 Å². The van der Waals surface area contributed by atoms with Gasteiger partial charge >= 0.3 is 0 Å². The van der Waals surface area contributed by atoms with Gasteiger partial charge in [-0.15, -0.1) is 4.31 Å². The number of hydrogen-bond donors (Lipinski definition) is 1. The highest BCUT2D eigenvalue weighted by Gasteiger charge is 2.46. The molecule has 1 unspecified atom stereocenters. The Morgan fingerprint density at radius 2 is 2.03 bits per heavy atom. The van der Waals surface area contributed by atoms with Crippen LogP contribution in [0.5, 0.6) is 0 Å². The Labute approximate surface area is 218 Å². The minimum atomic E-state index is -1.38. The van der Waals surface area contributed by atoms with E-state index in [0.29, 0.717) is 31.1 Å². The van der Waals surface area contributed by atoms with E-state index in [1.165, 1.54) is 17.7 Å². The molecule has 8 nitrogen and oxygen atoms in total. The number of halogens is 1. The molecule has 3 atom stereocenters. The van der Waals surface area contributed by atoms with E-state index in [1.54, 1.807) is 31.6 Å². The van der Waals surface area contributed by atoms with Gasteiger partial charge in [-0.1, -0.05) is 5.57 Å². The topological polar surface area (TPSA) is 89.7 Å². The van der Waals surface area contributed by atoms with Crippen molar-refractivity contribution in [1.29, 1.82) is 0 Å². The Bertz CT molecular complexity index is 1320. The maximum absolute atomic E-state index is 13.7. The number of aromatic nitrogens is 3. The fraction of sp³-hybridized carbons (Fsp3) is 0.407. The molecule has 1 aliphatic carbocycles. The third-order valence-corrected chi connectivity index (χ3v) is 9.08. The van der Waals surface area contributed by atoms with E-state index < -0.39 is 11.4 Å². The Hall–Kier alpha value is -2.76. The van der Waals surface area contributed by atoms with Crippen LogP contribution in [0.1, 0.15) is 24.1 Å². The van der Waals surface area contributed by atoms with Crippen LogP contribution in [0.3, 0.4) is 0 Å². The van der Waals surface area contributed by atoms with Crippen LogP contribution in [0.2, 0.25) is 0 Å². The van der Waals surface area contributed by atoms with Gasteiger partial charge in [-0.05, 0) is 55.2 Å². The maximum Gasteiger partial charge on any atom is 0.194 e. The van der Waals surface area contributed by atoms with E-state index in [2.05, 4.69) is 21.1 Å². The van der Waals surface area contributed by atoms with E-state index in [4.69, 9.17) is 4.74 Å². The molecule has 0 bridgehead atoms. The quantitative estimate of drug-likeness (QED) is 0.497. The van der Waals surface area contributed by atoms with Gasteiger partial charge in [-0.25, -0.2) is 9.07 Å². The Kier molecular flexibility index (Phi) is 6.54. The number of methoxy groups -OCH3 is 1. The summed E-state index contributed by atoms with van der Waals surface area (Å²) in [6, 6.07) is 8.28. The number of benzene rings is 1. The van der Waals surface area contributed by atoms with Crippen molar-refractivity contribution in [3.63, 3.8) is 0 Å². The van der Waals surface area contributed by atoms with Crippen LogP contribution in [0.4, 0.5) is 10.1 Å². The molecule has 2 aliphatic heterocycles. The van der Waals surface area contributed by atoms with Gasteiger partial charge in [0.05, 0.1) is 66.3 Å². The molecule has 37 heavy (non-hydrogen) atoms. The zero-order valence-electron chi connectivity index (χ0n) is 20.7. The summed E-state index contributed by atoms with van der Waals surface area (Å²) in [4.78, 5) is 7.11. The molecule has 0 spiro atoms. The summed E-state index contributed by atoms with van der Waals surface area (Å²) in [6.07, 6.45) is 9.38. The first-order valence-corrected chi connectivity index (χ1v) is 13.6. The molecular weight excluding hydrogens is 493 g/mol. The van der Waals surface area contributed by atoms with Crippen LogP contribution in [-0.2, 0) is 22.5 Å². The zero-order valence-corrected chi connectivity index (χ0v) is 21.5. The van der Waals surface area contributed by atoms with Gasteiger partial charge in [0.1, 0.15) is 5.82 Å². The van der Waals surface area contributed by atoms with Crippen molar-refractivity contribution >= 4 is 23.1 Å². The molecule has 10 heteroatoms. The molecule has 6 rings (SSSR count). The van der Waals surface area contributed by atoms with Crippen molar-refractivity contribution < 1.29 is 18.8 Å². The lowest BCUT2D eigenvalue weighted by molar-refractivity contribution is 0.0733. The minimum absolute atomic E-state index is 0.277. The molecular formula is C27H30FN5O3S. The minimum Gasteiger partial charge on any atom is -0.593 e. The second-order valence-corrected chi connectivity index (χ2v) is 11.6. The Morgan fingerprint density at radius 3 is 2.78 bits per heavy atom. The zero-order chi connectivity index (χ0) is 25.6. The molecule has 0 radical (unpaired) electrons. The number of pyridine rings is 1. The number of nitrogens with zero attached hydrogens (tertiary/aromatic N) is 5. The third kappa shape index (κ3) is 4.57. The molecule has 4 heterocycles. The van der Waals surface area contributed by atoms with Gasteiger partial charge in [-0.2, -0.15) is 5.10 Å². The van der Waals surface area contributed by atoms with Crippen LogP contribution in [-0.4, -0.2) is 74.7 Å². The highest BCUT2D eigenvalue weighted by Crippen LogP contribution is 2.45. The summed E-state index contributed by atoms with van der Waals surface area (Å²) in [6.45, 7) is 3.09. The summed E-state index contributed by atoms with van der Waals surface area (Å²) >= 11 is -1.38. The van der Waals surface area contributed by atoms with E-state index >= 15 is 0 Å². The summed E-state index contributed by atoms with van der Waals surface area (Å²) in [7, 11) is 1.71. The number of fused-ring (bicyclic) bond motifs is 2. The Balaban J connectivity index is 1.26. The number of piperidine rings is 1. The van der Waals surface area contributed by atoms with Crippen molar-refractivity contribution in [3.8, 4) is 5.69 Å². The third-order valence-electron chi connectivity index (χ3n) is 7.67. The molecule has 3 aliphatic rings. The lowest BCUT2D eigenvalue weighted by Crippen LogP contribution is -2.51. The van der Waals surface area contributed by atoms with Crippen LogP contribution in [0.15, 0.2) is 59.4 Å². The molecule has 0 amide bonds. The normalized spacial score (nSPS) is 24.5. The first kappa shape index (κ1) is 24.6. The number of ether oxygens (including phenoxy) is 1. The average molecular weight is 524 g/mol. The molecule has 1 N–H and O–H groups in total. The van der Waals surface area contributed by atoms with Crippen LogP contribution in [0.25, 0.3) is 11.8 Å². The number of aliphatic hydroxyl groups excluding tert-OH is 1. The summed E-state index contributed by atoms with van der Waals surface area (Å²) in [5, 5.41) is 14.5. The van der Waals surface area contributed by atoms with Crippen molar-refractivity contribution in [1.82, 2.24) is 19.1 Å². The SMILES string of the molecule is COC[C@]12Cc3cnn(-c4ccc(F)cc4)c3C=C1CCN([S+]([O-])c1cncc(N3CC[C@H](O)C3)c1)C2. The molecule has 1 aromatic carbocycles. The lowest BCUT2D eigenvalue weighted by Gasteiger charge is -2.45. The van der Waals surface area contributed by atoms with Crippen molar-refractivity contribution in [3.05, 3.63) is 71.6 Å². The molecule has 0 saturated carbocycles. The fourth-order valence-corrected chi connectivity index (χ4v) is 7.12. The van der Waals surface area contributed by atoms with Gasteiger partial charge in [0.15, 0.2) is 4.90 Å². The Morgan fingerprint density at radius 1 is 1.19 bits per heavy atom. The molecule has 2 saturated heterocycles. The van der Waals surface area contributed by atoms with E-state index in [9.17, 15) is 14.0 Å². The molecule has 2 aromatic heterocycles. The van der Waals surface area contributed by atoms with Crippen molar-refractivity contribution in [2.75, 3.05) is 44.8 Å². The largest absolute Gasteiger partial charge is 0.593 e. The van der Waals surface area contributed by atoms with E-state index in [-0.39, 0.29) is 17.3 Å². The highest BCUT2D eigenvalue weighted by atomic mass is 32.2. The number of aliphatic hydroxyl groups is 1. The maximum atomic E-state index is 13.7. The van der Waals surface area contributed by atoms with Gasteiger partial charge in [0, 0.05) is 38.2 Å². The second-order valence-electron chi connectivity index (χ2n) is 10.1. The molecule has 194 valence electrons. The molecule has 3 aromatic rings. The van der Waals surface area contributed by atoms with Gasteiger partial charge in [-0.3, -0.25) is 4.98 Å². The smallest absolute Gasteiger partial charge is 0.194 e. The fourth-order valence-electron chi connectivity index (χ4n) is 5.83. The monoisotopic (exact) mass is 523 g/mol. The number of anilines is 1. The van der Waals surface area contributed by atoms with E-state index in [1.807, 2.05) is 21.3 Å². The number of hydrogen-bond acceptors (Lipinski definition) is 7. The van der Waals surface area contributed by atoms with Crippen LogP contribution >= 0.6 is 0 Å². The highest BCUT2D eigenvalue weighted by molar-refractivity contribution is 7.89. The lowest BCUT2D eigenvalue weighted by atomic mass is 9.69. The van der Waals surface area contributed by atoms with Crippen molar-refractivity contribution in [2.45, 2.75) is 30.3 Å². The molecule has 2 fully saturated rings. The summed E-state index contributed by atoms with van der Waals surface area (Å²) in [5.41, 5.74) is 4.76. The van der Waals surface area contributed by atoms with Gasteiger partial charge < -0.3 is 19.3 Å². The number of β-amino-alcohol motifs (C(OH)–C–C–N with tert-alkyl or cyclic N) is 1. The first-order chi connectivity index (χ1) is 18.0. The first-order valence-electron chi connectivity index (χ1n) is 12.5. The van der Waals surface area contributed by atoms with Crippen LogP contribution < -0.4 is 4.90 Å².